The molecule has 0 radical (unpaired) electrons. The number of hydrogen-bond acceptors (Lipinski definition) is 6. The van der Waals surface area contributed by atoms with Crippen molar-refractivity contribution in [3.05, 3.63) is 0 Å². The van der Waals surface area contributed by atoms with Gasteiger partial charge in [0.15, 0.2) is 5.96 Å². The van der Waals surface area contributed by atoms with E-state index in [1.54, 1.807) is 14.1 Å². The lowest BCUT2D eigenvalue weighted by Crippen LogP contribution is -2.42. The number of morpholine rings is 1. The molecule has 0 atom stereocenters. The lowest BCUT2D eigenvalue weighted by Gasteiger charge is -2.26. The number of nitrogens with one attached hydrogen (secondary N) is 3. The predicted octanol–water partition coefficient (Wildman–Crippen LogP) is 0.247. The number of likely N-dealkylation sites (N-methyl/N-ethyl adjacent to an activating group) is 1. The highest BCUT2D eigenvalue weighted by molar-refractivity contribution is 5.84. The Morgan fingerprint density at radius 2 is 1.63 bits per heavy atom. The topological polar surface area (TPSA) is 108 Å². The van der Waals surface area contributed by atoms with E-state index in [0.717, 1.165) is 45.8 Å². The van der Waals surface area contributed by atoms with E-state index in [4.69, 9.17) is 9.47 Å². The van der Waals surface area contributed by atoms with Gasteiger partial charge in [0.2, 0.25) is 5.91 Å². The molecular weight excluding hydrogens is 388 g/mol. The first-order valence-electron chi connectivity index (χ1n) is 10.7. The van der Waals surface area contributed by atoms with Crippen LogP contribution in [-0.4, -0.2) is 106 Å². The standard InChI is InChI=1S/C20H40N6O4/c1-20(2,3)30-19(28)23-9-6-8-21-18(24-16-17(27)25(4)5)22-10-7-11-26-12-14-29-15-13-26/h6-16H2,1-5H3,(H,23,28)(H2,21,22,24). The summed E-state index contributed by atoms with van der Waals surface area (Å²) in [5, 5.41) is 9.23. The second kappa shape index (κ2) is 14.0. The Hall–Kier alpha value is -2.07. The third-order valence-electron chi connectivity index (χ3n) is 4.23. The van der Waals surface area contributed by atoms with Crippen molar-refractivity contribution in [3.8, 4) is 0 Å². The molecule has 10 nitrogen and oxygen atoms in total. The zero-order valence-electron chi connectivity index (χ0n) is 19.3. The summed E-state index contributed by atoms with van der Waals surface area (Å²) in [4.78, 5) is 31.8. The van der Waals surface area contributed by atoms with Crippen LogP contribution in [0.1, 0.15) is 33.6 Å². The number of carbonyl (C=O) groups excluding carboxylic acids is 2. The first-order valence-corrected chi connectivity index (χ1v) is 10.7. The number of rotatable bonds is 10. The van der Waals surface area contributed by atoms with Crippen LogP contribution in [-0.2, 0) is 14.3 Å². The highest BCUT2D eigenvalue weighted by Gasteiger charge is 2.15. The maximum atomic E-state index is 11.8. The van der Waals surface area contributed by atoms with Gasteiger partial charge >= 0.3 is 6.09 Å². The molecule has 2 amide bonds. The molecular formula is C20H40N6O4. The van der Waals surface area contributed by atoms with Gasteiger partial charge in [-0.1, -0.05) is 0 Å². The van der Waals surface area contributed by atoms with Crippen LogP contribution in [0.5, 0.6) is 0 Å². The van der Waals surface area contributed by atoms with Gasteiger partial charge in [0, 0.05) is 46.8 Å². The van der Waals surface area contributed by atoms with Gasteiger partial charge in [0.1, 0.15) is 12.1 Å². The summed E-state index contributed by atoms with van der Waals surface area (Å²) >= 11 is 0. The fraction of sp³-hybridized carbons (Fsp3) is 0.850. The highest BCUT2D eigenvalue weighted by atomic mass is 16.6. The lowest BCUT2D eigenvalue weighted by molar-refractivity contribution is -0.127. The average Bonchev–Trinajstić information content (AvgIpc) is 2.67. The summed E-state index contributed by atoms with van der Waals surface area (Å²) < 4.78 is 10.6. The Kier molecular flexibility index (Phi) is 12.1. The van der Waals surface area contributed by atoms with Crippen LogP contribution in [0.2, 0.25) is 0 Å². The van der Waals surface area contributed by atoms with E-state index < -0.39 is 11.7 Å². The van der Waals surface area contributed by atoms with Gasteiger partial charge in [-0.15, -0.1) is 0 Å². The molecule has 0 aromatic carbocycles. The predicted molar refractivity (Wildman–Crippen MR) is 118 cm³/mol. The summed E-state index contributed by atoms with van der Waals surface area (Å²) in [5.74, 6) is 0.542. The van der Waals surface area contributed by atoms with E-state index in [2.05, 4.69) is 25.8 Å². The van der Waals surface area contributed by atoms with Crippen LogP contribution < -0.4 is 16.0 Å². The molecule has 1 saturated heterocycles. The normalized spacial score (nSPS) is 15.4. The van der Waals surface area contributed by atoms with Gasteiger partial charge in [0.05, 0.1) is 13.2 Å². The van der Waals surface area contributed by atoms with Gasteiger partial charge in [0.25, 0.3) is 0 Å². The van der Waals surface area contributed by atoms with E-state index >= 15 is 0 Å². The number of amides is 2. The summed E-state index contributed by atoms with van der Waals surface area (Å²) in [6.07, 6.45) is 1.26. The number of ether oxygens (including phenoxy) is 2. The number of aliphatic imine (C=N–C) groups is 1. The fourth-order valence-corrected chi connectivity index (χ4v) is 2.60. The Balaban J connectivity index is 2.33. The minimum atomic E-state index is -0.508. The van der Waals surface area contributed by atoms with Gasteiger partial charge in [-0.05, 0) is 40.2 Å². The molecule has 10 heteroatoms. The first-order chi connectivity index (χ1) is 14.2. The largest absolute Gasteiger partial charge is 0.444 e. The van der Waals surface area contributed by atoms with Gasteiger partial charge in [-0.3, -0.25) is 9.69 Å². The molecule has 1 aliphatic rings. The molecule has 0 spiro atoms. The second-order valence-corrected chi connectivity index (χ2v) is 8.40. The zero-order chi connectivity index (χ0) is 22.4. The van der Waals surface area contributed by atoms with Crippen molar-refractivity contribution < 1.29 is 19.1 Å². The number of carbonyl (C=O) groups is 2. The van der Waals surface area contributed by atoms with Gasteiger partial charge in [-0.2, -0.15) is 0 Å². The molecule has 1 aliphatic heterocycles. The molecule has 0 saturated carbocycles. The molecule has 1 fully saturated rings. The lowest BCUT2D eigenvalue weighted by atomic mass is 10.2. The van der Waals surface area contributed by atoms with Gasteiger partial charge in [-0.25, -0.2) is 9.79 Å². The highest BCUT2D eigenvalue weighted by Crippen LogP contribution is 2.06. The average molecular weight is 429 g/mol. The smallest absolute Gasteiger partial charge is 0.407 e. The molecule has 0 aromatic heterocycles. The van der Waals surface area contributed by atoms with Crippen molar-refractivity contribution in [1.29, 1.82) is 0 Å². The van der Waals surface area contributed by atoms with Crippen LogP contribution in [0.15, 0.2) is 4.99 Å². The zero-order valence-corrected chi connectivity index (χ0v) is 19.3. The van der Waals surface area contributed by atoms with E-state index in [1.807, 2.05) is 20.8 Å². The Morgan fingerprint density at radius 3 is 2.23 bits per heavy atom. The molecule has 0 aliphatic carbocycles. The number of hydrogen-bond donors (Lipinski definition) is 3. The summed E-state index contributed by atoms with van der Waals surface area (Å²) in [6.45, 7) is 12.0. The molecule has 3 N–H and O–H groups in total. The SMILES string of the molecule is CN(C)C(=O)CN=C(NCCCNC(=O)OC(C)(C)C)NCCCN1CCOCC1. The van der Waals surface area contributed by atoms with Crippen LogP contribution in [0.3, 0.4) is 0 Å². The maximum Gasteiger partial charge on any atom is 0.407 e. The number of nitrogens with zero attached hydrogens (tertiary/aromatic N) is 3. The Labute approximate surface area is 180 Å². The summed E-state index contributed by atoms with van der Waals surface area (Å²) in [7, 11) is 3.42. The molecule has 0 aromatic rings. The first kappa shape index (κ1) is 26.0. The van der Waals surface area contributed by atoms with Crippen molar-refractivity contribution in [1.82, 2.24) is 25.8 Å². The molecule has 174 valence electrons. The summed E-state index contributed by atoms with van der Waals surface area (Å²) in [5.41, 5.74) is -0.508. The molecule has 0 bridgehead atoms. The van der Waals surface area contributed by atoms with E-state index in [0.29, 0.717) is 25.5 Å². The van der Waals surface area contributed by atoms with E-state index in [-0.39, 0.29) is 12.5 Å². The molecule has 1 rings (SSSR count). The van der Waals surface area contributed by atoms with Crippen LogP contribution >= 0.6 is 0 Å². The van der Waals surface area contributed by atoms with Gasteiger partial charge < -0.3 is 30.3 Å². The quantitative estimate of drug-likeness (QED) is 0.260. The molecule has 1 heterocycles. The Bertz CT molecular complexity index is 542. The fourth-order valence-electron chi connectivity index (χ4n) is 2.60. The van der Waals surface area contributed by atoms with Crippen molar-refractivity contribution in [2.45, 2.75) is 39.2 Å². The minimum Gasteiger partial charge on any atom is -0.444 e. The number of alkyl carbamates (subject to hydrolysis) is 1. The molecule has 0 unspecified atom stereocenters. The van der Waals surface area contributed by atoms with E-state index in [9.17, 15) is 9.59 Å². The third-order valence-corrected chi connectivity index (χ3v) is 4.23. The number of guanidine groups is 1. The minimum absolute atomic E-state index is 0.0593. The van der Waals surface area contributed by atoms with Crippen LogP contribution in [0, 0.1) is 0 Å². The Morgan fingerprint density at radius 1 is 1.03 bits per heavy atom. The van der Waals surface area contributed by atoms with Crippen molar-refractivity contribution in [2.24, 2.45) is 4.99 Å². The van der Waals surface area contributed by atoms with Crippen molar-refractivity contribution in [2.75, 3.05) is 73.1 Å². The van der Waals surface area contributed by atoms with Crippen LogP contribution in [0.4, 0.5) is 4.79 Å². The second-order valence-electron chi connectivity index (χ2n) is 8.40. The van der Waals surface area contributed by atoms with Crippen molar-refractivity contribution in [3.63, 3.8) is 0 Å². The van der Waals surface area contributed by atoms with Crippen LogP contribution in [0.25, 0.3) is 0 Å². The monoisotopic (exact) mass is 428 g/mol. The van der Waals surface area contributed by atoms with Crippen molar-refractivity contribution >= 4 is 18.0 Å². The maximum absolute atomic E-state index is 11.8. The molecule has 30 heavy (non-hydrogen) atoms. The summed E-state index contributed by atoms with van der Waals surface area (Å²) in [6, 6.07) is 0. The van der Waals surface area contributed by atoms with E-state index in [1.165, 1.54) is 4.90 Å². The third kappa shape index (κ3) is 13.2.